The van der Waals surface area contributed by atoms with Crippen molar-refractivity contribution in [2.75, 3.05) is 13.7 Å². The fourth-order valence-corrected chi connectivity index (χ4v) is 3.45. The maximum Gasteiger partial charge on any atom is 0.242 e. The maximum absolute atomic E-state index is 13.3. The monoisotopic (exact) mass is 410 g/mol. The van der Waals surface area contributed by atoms with Gasteiger partial charge in [0.2, 0.25) is 11.8 Å². The normalized spacial score (nSPS) is 11.6. The van der Waals surface area contributed by atoms with Gasteiger partial charge >= 0.3 is 0 Å². The predicted octanol–water partition coefficient (Wildman–Crippen LogP) is 4.27. The van der Waals surface area contributed by atoms with Gasteiger partial charge in [0.05, 0.1) is 13.5 Å². The topological polar surface area (TPSA) is 58.6 Å². The molecule has 0 aliphatic rings. The molecule has 0 fully saturated rings. The molecule has 1 atom stereocenters. The number of carbonyl (C=O) groups is 2. The number of hydrogen-bond donors (Lipinski definition) is 1. The maximum atomic E-state index is 13.3. The van der Waals surface area contributed by atoms with Crippen molar-refractivity contribution >= 4 is 11.8 Å². The molecule has 1 N–H and O–H groups in total. The number of unbranched alkanes of at least 4 members (excludes halogenated alkanes) is 1. The molecule has 0 aliphatic heterocycles. The Balaban J connectivity index is 2.24. The summed E-state index contributed by atoms with van der Waals surface area (Å²) in [4.78, 5) is 27.9. The van der Waals surface area contributed by atoms with Crippen LogP contribution in [0.2, 0.25) is 0 Å². The summed E-state index contributed by atoms with van der Waals surface area (Å²) < 4.78 is 5.23. The number of ether oxygens (including phenoxy) is 1. The van der Waals surface area contributed by atoms with Crippen LogP contribution >= 0.6 is 0 Å². The van der Waals surface area contributed by atoms with E-state index < -0.39 is 6.04 Å². The first-order valence-electron chi connectivity index (χ1n) is 10.7. The van der Waals surface area contributed by atoms with Gasteiger partial charge in [-0.15, -0.1) is 0 Å². The van der Waals surface area contributed by atoms with Crippen molar-refractivity contribution in [1.29, 1.82) is 0 Å². The quantitative estimate of drug-likeness (QED) is 0.563. The molecule has 0 bridgehead atoms. The zero-order valence-corrected chi connectivity index (χ0v) is 18.6. The number of aryl methyl sites for hydroxylation is 1. The van der Waals surface area contributed by atoms with Crippen molar-refractivity contribution in [3.63, 3.8) is 0 Å². The summed E-state index contributed by atoms with van der Waals surface area (Å²) in [5, 5.41) is 2.99. The van der Waals surface area contributed by atoms with E-state index in [4.69, 9.17) is 4.74 Å². The number of nitrogens with one attached hydrogen (secondary N) is 1. The highest BCUT2D eigenvalue weighted by Crippen LogP contribution is 2.18. The first-order valence-corrected chi connectivity index (χ1v) is 10.7. The molecule has 0 aromatic heterocycles. The van der Waals surface area contributed by atoms with Crippen LogP contribution in [0.15, 0.2) is 48.5 Å². The smallest absolute Gasteiger partial charge is 0.242 e. The van der Waals surface area contributed by atoms with Crippen molar-refractivity contribution in [2.24, 2.45) is 0 Å². The summed E-state index contributed by atoms with van der Waals surface area (Å²) in [6.07, 6.45) is 2.78. The van der Waals surface area contributed by atoms with Crippen LogP contribution in [0, 0.1) is 6.92 Å². The van der Waals surface area contributed by atoms with Gasteiger partial charge in [0.25, 0.3) is 0 Å². The molecular weight excluding hydrogens is 376 g/mol. The van der Waals surface area contributed by atoms with Gasteiger partial charge in [0.15, 0.2) is 0 Å². The molecule has 0 saturated carbocycles. The number of carbonyl (C=O) groups excluding carboxylic acids is 2. The van der Waals surface area contributed by atoms with Crippen molar-refractivity contribution in [3.05, 3.63) is 65.2 Å². The lowest BCUT2D eigenvalue weighted by Crippen LogP contribution is -2.49. The molecule has 5 nitrogen and oxygen atoms in total. The summed E-state index contributed by atoms with van der Waals surface area (Å²) >= 11 is 0. The Labute approximate surface area is 180 Å². The molecule has 30 heavy (non-hydrogen) atoms. The van der Waals surface area contributed by atoms with Gasteiger partial charge < -0.3 is 15.0 Å². The Morgan fingerprint density at radius 3 is 2.40 bits per heavy atom. The van der Waals surface area contributed by atoms with E-state index in [2.05, 4.69) is 12.2 Å². The molecule has 2 aromatic rings. The van der Waals surface area contributed by atoms with Crippen LogP contribution in [0.3, 0.4) is 0 Å². The first kappa shape index (κ1) is 23.5. The Morgan fingerprint density at radius 2 is 1.80 bits per heavy atom. The summed E-state index contributed by atoms with van der Waals surface area (Å²) in [6.45, 7) is 7.07. The molecule has 0 radical (unpaired) electrons. The van der Waals surface area contributed by atoms with E-state index >= 15 is 0 Å². The molecule has 2 amide bonds. The number of hydrogen-bond acceptors (Lipinski definition) is 3. The number of amides is 2. The minimum Gasteiger partial charge on any atom is -0.497 e. The molecule has 0 spiro atoms. The summed E-state index contributed by atoms with van der Waals surface area (Å²) in [5.74, 6) is 0.631. The van der Waals surface area contributed by atoms with E-state index in [1.807, 2.05) is 62.4 Å². The van der Waals surface area contributed by atoms with Gasteiger partial charge in [-0.25, -0.2) is 0 Å². The highest BCUT2D eigenvalue weighted by Gasteiger charge is 2.28. The number of benzene rings is 2. The third-order valence-corrected chi connectivity index (χ3v) is 5.17. The van der Waals surface area contributed by atoms with Crippen molar-refractivity contribution < 1.29 is 14.3 Å². The fourth-order valence-electron chi connectivity index (χ4n) is 3.45. The van der Waals surface area contributed by atoms with Crippen molar-refractivity contribution in [2.45, 2.75) is 59.0 Å². The highest BCUT2D eigenvalue weighted by molar-refractivity contribution is 5.88. The molecule has 5 heteroatoms. The molecule has 2 rings (SSSR count). The van der Waals surface area contributed by atoms with Gasteiger partial charge in [-0.05, 0) is 43.0 Å². The SMILES string of the molecule is CCCCNC(=O)C(CC)N(Cc1ccc(OC)cc1)C(=O)Cc1cccc(C)c1. The zero-order valence-electron chi connectivity index (χ0n) is 18.6. The fraction of sp³-hybridized carbons (Fsp3) is 0.440. The van der Waals surface area contributed by atoms with Crippen molar-refractivity contribution in [3.8, 4) is 5.75 Å². The Morgan fingerprint density at radius 1 is 1.07 bits per heavy atom. The van der Waals surface area contributed by atoms with Gasteiger partial charge in [-0.3, -0.25) is 9.59 Å². The van der Waals surface area contributed by atoms with E-state index in [-0.39, 0.29) is 18.2 Å². The second-order valence-electron chi connectivity index (χ2n) is 7.60. The van der Waals surface area contributed by atoms with Gasteiger partial charge in [0.1, 0.15) is 11.8 Å². The van der Waals surface area contributed by atoms with Crippen LogP contribution in [0.25, 0.3) is 0 Å². The third kappa shape index (κ3) is 6.90. The largest absolute Gasteiger partial charge is 0.497 e. The van der Waals surface area contributed by atoms with E-state index in [0.717, 1.165) is 35.3 Å². The standard InChI is InChI=1S/C25H34N2O3/c1-5-7-15-26-25(29)23(6-2)27(18-20-11-13-22(30-4)14-12-20)24(28)17-21-10-8-9-19(3)16-21/h8-14,16,23H,5-7,15,17-18H2,1-4H3,(H,26,29). The zero-order chi connectivity index (χ0) is 21.9. The summed E-state index contributed by atoms with van der Waals surface area (Å²) in [6, 6.07) is 15.1. The van der Waals surface area contributed by atoms with E-state index in [1.54, 1.807) is 12.0 Å². The molecule has 0 saturated heterocycles. The Hall–Kier alpha value is -2.82. The molecular formula is C25H34N2O3. The summed E-state index contributed by atoms with van der Waals surface area (Å²) in [5.41, 5.74) is 3.04. The highest BCUT2D eigenvalue weighted by atomic mass is 16.5. The lowest BCUT2D eigenvalue weighted by atomic mass is 10.1. The first-order chi connectivity index (χ1) is 14.5. The van der Waals surface area contributed by atoms with Gasteiger partial charge in [-0.2, -0.15) is 0 Å². The molecule has 162 valence electrons. The van der Waals surface area contributed by atoms with E-state index in [0.29, 0.717) is 19.5 Å². The summed E-state index contributed by atoms with van der Waals surface area (Å²) in [7, 11) is 1.63. The van der Waals surface area contributed by atoms with E-state index in [9.17, 15) is 9.59 Å². The lowest BCUT2D eigenvalue weighted by Gasteiger charge is -2.31. The van der Waals surface area contributed by atoms with Gasteiger partial charge in [-0.1, -0.05) is 62.2 Å². The van der Waals surface area contributed by atoms with Crippen LogP contribution in [0.5, 0.6) is 5.75 Å². The van der Waals surface area contributed by atoms with Crippen LogP contribution in [-0.4, -0.2) is 36.4 Å². The number of rotatable bonds is 11. The average Bonchev–Trinajstić information content (AvgIpc) is 2.74. The van der Waals surface area contributed by atoms with Crippen LogP contribution < -0.4 is 10.1 Å². The third-order valence-electron chi connectivity index (χ3n) is 5.17. The minimum atomic E-state index is -0.499. The average molecular weight is 411 g/mol. The van der Waals surface area contributed by atoms with Crippen LogP contribution in [0.1, 0.15) is 49.8 Å². The lowest BCUT2D eigenvalue weighted by molar-refractivity contribution is -0.140. The number of nitrogens with zero attached hydrogens (tertiary/aromatic N) is 1. The van der Waals surface area contributed by atoms with Crippen molar-refractivity contribution in [1.82, 2.24) is 10.2 Å². The molecule has 1 unspecified atom stereocenters. The van der Waals surface area contributed by atoms with Gasteiger partial charge in [0, 0.05) is 13.1 Å². The minimum absolute atomic E-state index is 0.0473. The Kier molecular flexibility index (Phi) is 9.39. The van der Waals surface area contributed by atoms with Crippen LogP contribution in [0.4, 0.5) is 0 Å². The molecule has 0 heterocycles. The van der Waals surface area contributed by atoms with E-state index in [1.165, 1.54) is 0 Å². The number of methoxy groups -OCH3 is 1. The molecule has 2 aromatic carbocycles. The molecule has 0 aliphatic carbocycles. The second kappa shape index (κ2) is 12.0. The Bertz CT molecular complexity index is 817. The predicted molar refractivity (Wildman–Crippen MR) is 120 cm³/mol. The van der Waals surface area contributed by atoms with Crippen LogP contribution in [-0.2, 0) is 22.6 Å². The second-order valence-corrected chi connectivity index (χ2v) is 7.60.